The van der Waals surface area contributed by atoms with Crippen molar-refractivity contribution in [3.05, 3.63) is 29.8 Å². The van der Waals surface area contributed by atoms with Crippen molar-refractivity contribution in [2.75, 3.05) is 6.54 Å². The molecule has 82 valence electrons. The van der Waals surface area contributed by atoms with E-state index in [4.69, 9.17) is 5.73 Å². The number of primary amides is 1. The number of hydrogen-bond acceptors (Lipinski definition) is 3. The Morgan fingerprint density at radius 1 is 1.60 bits per heavy atom. The second-order valence-electron chi connectivity index (χ2n) is 3.38. The van der Waals surface area contributed by atoms with Gasteiger partial charge in [-0.2, -0.15) is 0 Å². The molecule has 1 atom stereocenters. The Labute approximate surface area is 89.1 Å². The molecule has 0 aromatic heterocycles. The van der Waals surface area contributed by atoms with Gasteiger partial charge in [0.1, 0.15) is 11.8 Å². The molecule has 1 unspecified atom stereocenters. The lowest BCUT2D eigenvalue weighted by Gasteiger charge is -2.15. The number of amides is 1. The normalized spacial score (nSPS) is 12.3. The predicted octanol–water partition coefficient (Wildman–Crippen LogP) is 0.918. The van der Waals surface area contributed by atoms with Gasteiger partial charge < -0.3 is 16.2 Å². The molecule has 4 N–H and O–H groups in total. The van der Waals surface area contributed by atoms with Gasteiger partial charge in [-0.25, -0.2) is 0 Å². The van der Waals surface area contributed by atoms with Crippen LogP contribution in [-0.4, -0.2) is 17.6 Å². The minimum Gasteiger partial charge on any atom is -0.508 e. The maximum Gasteiger partial charge on any atom is 0.239 e. The largest absolute Gasteiger partial charge is 0.508 e. The molecule has 0 spiro atoms. The van der Waals surface area contributed by atoms with Crippen LogP contribution < -0.4 is 11.1 Å². The number of rotatable bonds is 5. The zero-order valence-corrected chi connectivity index (χ0v) is 8.73. The van der Waals surface area contributed by atoms with E-state index in [0.717, 1.165) is 6.42 Å². The zero-order valence-electron chi connectivity index (χ0n) is 8.73. The van der Waals surface area contributed by atoms with Gasteiger partial charge in [-0.15, -0.1) is 0 Å². The molecule has 15 heavy (non-hydrogen) atoms. The monoisotopic (exact) mass is 208 g/mol. The van der Waals surface area contributed by atoms with Gasteiger partial charge in [0.25, 0.3) is 0 Å². The zero-order chi connectivity index (χ0) is 11.3. The first-order chi connectivity index (χ1) is 7.15. The second-order valence-corrected chi connectivity index (χ2v) is 3.38. The average Bonchev–Trinajstić information content (AvgIpc) is 2.18. The standard InChI is InChI=1S/C11H16N2O2/c1-2-6-13-10(11(12)15)8-4-3-5-9(14)7-8/h3-5,7,10,13-14H,2,6H2,1H3,(H2,12,15). The van der Waals surface area contributed by atoms with Crippen LogP contribution in [0.2, 0.25) is 0 Å². The molecular weight excluding hydrogens is 192 g/mol. The lowest BCUT2D eigenvalue weighted by Crippen LogP contribution is -2.33. The molecule has 0 fully saturated rings. The number of nitrogens with one attached hydrogen (secondary N) is 1. The fourth-order valence-corrected chi connectivity index (χ4v) is 1.38. The summed E-state index contributed by atoms with van der Waals surface area (Å²) in [6, 6.07) is 6.02. The average molecular weight is 208 g/mol. The van der Waals surface area contributed by atoms with Gasteiger partial charge in [0, 0.05) is 0 Å². The number of carbonyl (C=O) groups is 1. The van der Waals surface area contributed by atoms with Crippen LogP contribution in [0.3, 0.4) is 0 Å². The van der Waals surface area contributed by atoms with Gasteiger partial charge in [-0.1, -0.05) is 19.1 Å². The number of phenols is 1. The first-order valence-electron chi connectivity index (χ1n) is 4.96. The van der Waals surface area contributed by atoms with Crippen LogP contribution in [0.25, 0.3) is 0 Å². The number of aromatic hydroxyl groups is 1. The maximum atomic E-state index is 11.2. The molecule has 0 heterocycles. The molecule has 1 amide bonds. The second kappa shape index (κ2) is 5.36. The van der Waals surface area contributed by atoms with Crippen LogP contribution in [0.5, 0.6) is 5.75 Å². The van der Waals surface area contributed by atoms with Crippen molar-refractivity contribution in [1.82, 2.24) is 5.32 Å². The van der Waals surface area contributed by atoms with Crippen LogP contribution in [0.1, 0.15) is 24.9 Å². The third kappa shape index (κ3) is 3.25. The highest BCUT2D eigenvalue weighted by Crippen LogP contribution is 2.17. The number of carbonyl (C=O) groups excluding carboxylic acids is 1. The van der Waals surface area contributed by atoms with E-state index >= 15 is 0 Å². The summed E-state index contributed by atoms with van der Waals surface area (Å²) in [4.78, 5) is 11.2. The molecule has 4 nitrogen and oxygen atoms in total. The van der Waals surface area contributed by atoms with E-state index in [-0.39, 0.29) is 5.75 Å². The molecule has 0 bridgehead atoms. The van der Waals surface area contributed by atoms with Gasteiger partial charge in [0.05, 0.1) is 0 Å². The summed E-state index contributed by atoms with van der Waals surface area (Å²) in [6.45, 7) is 2.72. The van der Waals surface area contributed by atoms with E-state index in [9.17, 15) is 9.90 Å². The van der Waals surface area contributed by atoms with E-state index in [2.05, 4.69) is 5.32 Å². The summed E-state index contributed by atoms with van der Waals surface area (Å²) < 4.78 is 0. The van der Waals surface area contributed by atoms with E-state index in [0.29, 0.717) is 12.1 Å². The number of hydrogen-bond donors (Lipinski definition) is 3. The van der Waals surface area contributed by atoms with Crippen molar-refractivity contribution in [2.45, 2.75) is 19.4 Å². The van der Waals surface area contributed by atoms with Crippen LogP contribution >= 0.6 is 0 Å². The van der Waals surface area contributed by atoms with Crippen molar-refractivity contribution in [3.8, 4) is 5.75 Å². The third-order valence-electron chi connectivity index (χ3n) is 2.09. The van der Waals surface area contributed by atoms with Crippen molar-refractivity contribution in [2.24, 2.45) is 5.73 Å². The topological polar surface area (TPSA) is 75.3 Å². The van der Waals surface area contributed by atoms with Gasteiger partial charge in [0.2, 0.25) is 5.91 Å². The molecule has 0 radical (unpaired) electrons. The maximum absolute atomic E-state index is 11.2. The molecule has 0 saturated carbocycles. The van der Waals surface area contributed by atoms with Crippen molar-refractivity contribution < 1.29 is 9.90 Å². The Bertz CT molecular complexity index is 339. The Kier molecular flexibility index (Phi) is 4.12. The van der Waals surface area contributed by atoms with Gasteiger partial charge in [-0.3, -0.25) is 4.79 Å². The number of benzene rings is 1. The van der Waals surface area contributed by atoms with Gasteiger partial charge in [0.15, 0.2) is 0 Å². The quantitative estimate of drug-likeness (QED) is 0.673. The summed E-state index contributed by atoms with van der Waals surface area (Å²) in [5, 5.41) is 12.3. The van der Waals surface area contributed by atoms with Gasteiger partial charge in [-0.05, 0) is 30.7 Å². The van der Waals surface area contributed by atoms with Crippen LogP contribution in [0, 0.1) is 0 Å². The first-order valence-corrected chi connectivity index (χ1v) is 4.96. The minimum absolute atomic E-state index is 0.136. The molecular formula is C11H16N2O2. The smallest absolute Gasteiger partial charge is 0.239 e. The Morgan fingerprint density at radius 3 is 2.87 bits per heavy atom. The summed E-state index contributed by atoms with van der Waals surface area (Å²) in [5.74, 6) is -0.300. The molecule has 0 aliphatic rings. The fourth-order valence-electron chi connectivity index (χ4n) is 1.38. The highest BCUT2D eigenvalue weighted by atomic mass is 16.3. The van der Waals surface area contributed by atoms with E-state index < -0.39 is 11.9 Å². The molecule has 1 aromatic carbocycles. The van der Waals surface area contributed by atoms with E-state index in [1.807, 2.05) is 6.92 Å². The fraction of sp³-hybridized carbons (Fsp3) is 0.364. The molecule has 4 heteroatoms. The molecule has 1 rings (SSSR count). The Balaban J connectivity index is 2.84. The number of phenolic OH excluding ortho intramolecular Hbond substituents is 1. The summed E-state index contributed by atoms with van der Waals surface area (Å²) in [7, 11) is 0. The summed E-state index contributed by atoms with van der Waals surface area (Å²) in [6.07, 6.45) is 0.919. The Morgan fingerprint density at radius 2 is 2.33 bits per heavy atom. The van der Waals surface area contributed by atoms with E-state index in [1.165, 1.54) is 6.07 Å². The molecule has 0 aliphatic carbocycles. The first kappa shape index (κ1) is 11.5. The highest BCUT2D eigenvalue weighted by Gasteiger charge is 2.16. The SMILES string of the molecule is CCCNC(C(N)=O)c1cccc(O)c1. The highest BCUT2D eigenvalue weighted by molar-refractivity contribution is 5.81. The Hall–Kier alpha value is -1.55. The van der Waals surface area contributed by atoms with Gasteiger partial charge >= 0.3 is 0 Å². The van der Waals surface area contributed by atoms with Crippen molar-refractivity contribution >= 4 is 5.91 Å². The van der Waals surface area contributed by atoms with Crippen molar-refractivity contribution in [1.29, 1.82) is 0 Å². The van der Waals surface area contributed by atoms with Crippen LogP contribution in [0.15, 0.2) is 24.3 Å². The summed E-state index contributed by atoms with van der Waals surface area (Å²) >= 11 is 0. The molecule has 0 aliphatic heterocycles. The van der Waals surface area contributed by atoms with Crippen LogP contribution in [-0.2, 0) is 4.79 Å². The van der Waals surface area contributed by atoms with Crippen molar-refractivity contribution in [3.63, 3.8) is 0 Å². The van der Waals surface area contributed by atoms with E-state index in [1.54, 1.807) is 18.2 Å². The lowest BCUT2D eigenvalue weighted by molar-refractivity contribution is -0.120. The third-order valence-corrected chi connectivity index (χ3v) is 2.09. The lowest BCUT2D eigenvalue weighted by atomic mass is 10.1. The number of nitrogens with two attached hydrogens (primary N) is 1. The molecule has 1 aromatic rings. The predicted molar refractivity (Wildman–Crippen MR) is 58.3 cm³/mol. The van der Waals surface area contributed by atoms with Crippen LogP contribution in [0.4, 0.5) is 0 Å². The minimum atomic E-state index is -0.531. The molecule has 0 saturated heterocycles. The summed E-state index contributed by atoms with van der Waals surface area (Å²) in [5.41, 5.74) is 5.97.